The van der Waals surface area contributed by atoms with E-state index in [0.717, 1.165) is 0 Å². The molecule has 1 N–H and O–H groups in total. The molecule has 0 atom stereocenters. The Balaban J connectivity index is 1.63. The standard InChI is InChI=1S/C23H21FN2O4/c1-28-19-8-5-7-17(13-19)23(27)26-25-14-16-10-11-21(22(12-16)29-2)30-15-18-6-3-4-9-20(18)24/h3-14H,15H2,1-2H3,(H,26,27)/b25-14+. The third kappa shape index (κ3) is 5.35. The zero-order chi connectivity index (χ0) is 21.3. The summed E-state index contributed by atoms with van der Waals surface area (Å²) in [6, 6.07) is 18.3. The number of nitrogens with one attached hydrogen (secondary N) is 1. The van der Waals surface area contributed by atoms with Gasteiger partial charge in [0.1, 0.15) is 18.2 Å². The van der Waals surface area contributed by atoms with Crippen molar-refractivity contribution in [2.45, 2.75) is 6.61 Å². The normalized spacial score (nSPS) is 10.6. The second kappa shape index (κ2) is 10.1. The Morgan fingerprint density at radius 1 is 1.00 bits per heavy atom. The molecule has 0 saturated heterocycles. The number of methoxy groups -OCH3 is 2. The minimum absolute atomic E-state index is 0.0765. The fourth-order valence-electron chi connectivity index (χ4n) is 2.65. The molecule has 0 aromatic heterocycles. The highest BCUT2D eigenvalue weighted by Crippen LogP contribution is 2.28. The van der Waals surface area contributed by atoms with Gasteiger partial charge in [0.05, 0.1) is 20.4 Å². The van der Waals surface area contributed by atoms with E-state index in [0.29, 0.717) is 33.9 Å². The van der Waals surface area contributed by atoms with E-state index in [1.807, 2.05) is 0 Å². The fraction of sp³-hybridized carbons (Fsp3) is 0.130. The molecule has 0 saturated carbocycles. The second-order valence-electron chi connectivity index (χ2n) is 6.22. The summed E-state index contributed by atoms with van der Waals surface area (Å²) >= 11 is 0. The van der Waals surface area contributed by atoms with Crippen LogP contribution in [0.15, 0.2) is 71.8 Å². The quantitative estimate of drug-likeness (QED) is 0.448. The van der Waals surface area contributed by atoms with Gasteiger partial charge in [0, 0.05) is 11.1 Å². The summed E-state index contributed by atoms with van der Waals surface area (Å²) in [6.07, 6.45) is 1.49. The molecule has 3 rings (SSSR count). The molecular weight excluding hydrogens is 387 g/mol. The van der Waals surface area contributed by atoms with Crippen molar-refractivity contribution in [3.63, 3.8) is 0 Å². The summed E-state index contributed by atoms with van der Waals surface area (Å²) in [4.78, 5) is 12.2. The van der Waals surface area contributed by atoms with Crippen molar-refractivity contribution in [2.24, 2.45) is 5.10 Å². The average Bonchev–Trinajstić information content (AvgIpc) is 2.78. The highest BCUT2D eigenvalue weighted by atomic mass is 19.1. The maximum Gasteiger partial charge on any atom is 0.271 e. The average molecular weight is 408 g/mol. The van der Waals surface area contributed by atoms with Gasteiger partial charge in [-0.2, -0.15) is 5.10 Å². The number of rotatable bonds is 8. The zero-order valence-electron chi connectivity index (χ0n) is 16.6. The fourth-order valence-corrected chi connectivity index (χ4v) is 2.65. The Morgan fingerprint density at radius 3 is 2.60 bits per heavy atom. The molecule has 0 fully saturated rings. The van der Waals surface area contributed by atoms with Crippen molar-refractivity contribution in [1.82, 2.24) is 5.43 Å². The largest absolute Gasteiger partial charge is 0.497 e. The summed E-state index contributed by atoms with van der Waals surface area (Å²) in [7, 11) is 3.04. The van der Waals surface area contributed by atoms with Crippen molar-refractivity contribution in [3.8, 4) is 17.2 Å². The van der Waals surface area contributed by atoms with E-state index in [2.05, 4.69) is 10.5 Å². The lowest BCUT2D eigenvalue weighted by molar-refractivity contribution is 0.0955. The summed E-state index contributed by atoms with van der Waals surface area (Å²) < 4.78 is 29.9. The van der Waals surface area contributed by atoms with E-state index in [1.54, 1.807) is 60.7 Å². The van der Waals surface area contributed by atoms with Crippen LogP contribution < -0.4 is 19.6 Å². The van der Waals surface area contributed by atoms with Crippen LogP contribution in [0.2, 0.25) is 0 Å². The number of benzene rings is 3. The van der Waals surface area contributed by atoms with Crippen LogP contribution >= 0.6 is 0 Å². The zero-order valence-corrected chi connectivity index (χ0v) is 16.6. The number of carbonyl (C=O) groups excluding carboxylic acids is 1. The number of halogens is 1. The van der Waals surface area contributed by atoms with Gasteiger partial charge >= 0.3 is 0 Å². The maximum atomic E-state index is 13.7. The van der Waals surface area contributed by atoms with E-state index in [1.165, 1.54) is 26.5 Å². The first-order valence-electron chi connectivity index (χ1n) is 9.12. The third-order valence-corrected chi connectivity index (χ3v) is 4.24. The Bertz CT molecular complexity index is 1050. The van der Waals surface area contributed by atoms with E-state index >= 15 is 0 Å². The third-order valence-electron chi connectivity index (χ3n) is 4.24. The molecule has 0 spiro atoms. The molecule has 7 heteroatoms. The SMILES string of the molecule is COc1cccc(C(=O)N/N=C/c2ccc(OCc3ccccc3F)c(OC)c2)c1. The number of ether oxygens (including phenoxy) is 3. The Labute approximate surface area is 173 Å². The minimum Gasteiger partial charge on any atom is -0.497 e. The van der Waals surface area contributed by atoms with E-state index in [9.17, 15) is 9.18 Å². The van der Waals surface area contributed by atoms with E-state index in [-0.39, 0.29) is 18.3 Å². The summed E-state index contributed by atoms with van der Waals surface area (Å²) in [5.41, 5.74) is 4.04. The molecule has 3 aromatic carbocycles. The first kappa shape index (κ1) is 20.9. The van der Waals surface area contributed by atoms with Gasteiger partial charge in [-0.3, -0.25) is 4.79 Å². The molecule has 0 heterocycles. The minimum atomic E-state index is -0.359. The lowest BCUT2D eigenvalue weighted by Gasteiger charge is -2.11. The maximum absolute atomic E-state index is 13.7. The number of carbonyl (C=O) groups is 1. The molecule has 154 valence electrons. The number of hydrogen-bond acceptors (Lipinski definition) is 5. The molecule has 0 bridgehead atoms. The molecule has 0 unspecified atom stereocenters. The number of nitrogens with zero attached hydrogens (tertiary/aromatic N) is 1. The molecule has 1 amide bonds. The molecule has 0 radical (unpaired) electrons. The molecular formula is C23H21FN2O4. The number of hydrogen-bond donors (Lipinski definition) is 1. The molecule has 3 aromatic rings. The Hall–Kier alpha value is -3.87. The molecule has 30 heavy (non-hydrogen) atoms. The molecule has 6 nitrogen and oxygen atoms in total. The Kier molecular flexibility index (Phi) is 7.00. The number of amides is 1. The summed E-state index contributed by atoms with van der Waals surface area (Å²) in [5.74, 6) is 0.837. The number of hydrazone groups is 1. The second-order valence-corrected chi connectivity index (χ2v) is 6.22. The van der Waals surface area contributed by atoms with E-state index in [4.69, 9.17) is 14.2 Å². The van der Waals surface area contributed by atoms with Crippen LogP contribution in [0.4, 0.5) is 4.39 Å². The highest BCUT2D eigenvalue weighted by molar-refractivity contribution is 5.95. The van der Waals surface area contributed by atoms with Gasteiger partial charge in [-0.15, -0.1) is 0 Å². The van der Waals surface area contributed by atoms with Crippen molar-refractivity contribution in [3.05, 3.63) is 89.2 Å². The van der Waals surface area contributed by atoms with Crippen molar-refractivity contribution >= 4 is 12.1 Å². The predicted octanol–water partition coefficient (Wildman–Crippen LogP) is 4.19. The van der Waals surface area contributed by atoms with Gasteiger partial charge in [-0.05, 0) is 48.0 Å². The van der Waals surface area contributed by atoms with Gasteiger partial charge in [-0.25, -0.2) is 9.82 Å². The van der Waals surface area contributed by atoms with Gasteiger partial charge in [0.2, 0.25) is 0 Å². The van der Waals surface area contributed by atoms with Crippen LogP contribution in [0.5, 0.6) is 17.2 Å². The van der Waals surface area contributed by atoms with Gasteiger partial charge < -0.3 is 14.2 Å². The van der Waals surface area contributed by atoms with Crippen LogP contribution in [-0.4, -0.2) is 26.3 Å². The van der Waals surface area contributed by atoms with Gasteiger partial charge in [0.25, 0.3) is 5.91 Å². The monoisotopic (exact) mass is 408 g/mol. The summed E-state index contributed by atoms with van der Waals surface area (Å²) in [5, 5.41) is 3.97. The Morgan fingerprint density at radius 2 is 1.83 bits per heavy atom. The first-order valence-corrected chi connectivity index (χ1v) is 9.12. The van der Waals surface area contributed by atoms with Crippen LogP contribution in [0.1, 0.15) is 21.5 Å². The first-order chi connectivity index (χ1) is 14.6. The lowest BCUT2D eigenvalue weighted by Crippen LogP contribution is -2.17. The lowest BCUT2D eigenvalue weighted by atomic mass is 10.2. The topological polar surface area (TPSA) is 69.2 Å². The van der Waals surface area contributed by atoms with Crippen molar-refractivity contribution in [2.75, 3.05) is 14.2 Å². The smallest absolute Gasteiger partial charge is 0.271 e. The molecule has 0 aliphatic heterocycles. The van der Waals surface area contributed by atoms with Crippen molar-refractivity contribution < 1.29 is 23.4 Å². The van der Waals surface area contributed by atoms with Crippen LogP contribution in [0.3, 0.4) is 0 Å². The molecule has 0 aliphatic rings. The van der Waals surface area contributed by atoms with Crippen LogP contribution in [0.25, 0.3) is 0 Å². The van der Waals surface area contributed by atoms with Gasteiger partial charge in [0.15, 0.2) is 11.5 Å². The van der Waals surface area contributed by atoms with Crippen molar-refractivity contribution in [1.29, 1.82) is 0 Å². The highest BCUT2D eigenvalue weighted by Gasteiger charge is 2.08. The van der Waals surface area contributed by atoms with E-state index < -0.39 is 0 Å². The van der Waals surface area contributed by atoms with Gasteiger partial charge in [-0.1, -0.05) is 24.3 Å². The predicted molar refractivity (Wildman–Crippen MR) is 112 cm³/mol. The van der Waals surface area contributed by atoms with Crippen LogP contribution in [0, 0.1) is 5.82 Å². The molecule has 0 aliphatic carbocycles. The summed E-state index contributed by atoms with van der Waals surface area (Å²) in [6.45, 7) is 0.0765. The van der Waals surface area contributed by atoms with Crippen LogP contribution in [-0.2, 0) is 6.61 Å².